The van der Waals surface area contributed by atoms with Gasteiger partial charge in [-0.05, 0) is 69.9 Å². The lowest BCUT2D eigenvalue weighted by atomic mass is 9.81. The summed E-state index contributed by atoms with van der Waals surface area (Å²) in [5.41, 5.74) is 1.36. The van der Waals surface area contributed by atoms with Crippen LogP contribution in [0.5, 0.6) is 0 Å². The van der Waals surface area contributed by atoms with Crippen molar-refractivity contribution in [1.82, 2.24) is 25.0 Å². The number of benzene rings is 1. The van der Waals surface area contributed by atoms with Gasteiger partial charge < -0.3 is 20.1 Å². The van der Waals surface area contributed by atoms with Crippen molar-refractivity contribution in [2.45, 2.75) is 89.5 Å². The van der Waals surface area contributed by atoms with Crippen molar-refractivity contribution >= 4 is 18.0 Å². The highest BCUT2D eigenvalue weighted by Gasteiger charge is 2.40. The van der Waals surface area contributed by atoms with E-state index in [0.29, 0.717) is 17.2 Å². The molecule has 2 N–H and O–H groups in total. The van der Waals surface area contributed by atoms with Gasteiger partial charge in [-0.15, -0.1) is 0 Å². The van der Waals surface area contributed by atoms with Crippen LogP contribution in [0.1, 0.15) is 88.3 Å². The Morgan fingerprint density at radius 1 is 0.951 bits per heavy atom. The second-order valence-electron chi connectivity index (χ2n) is 12.1. The van der Waals surface area contributed by atoms with Crippen molar-refractivity contribution in [2.75, 3.05) is 0 Å². The number of ether oxygens (including phenoxy) is 2. The lowest BCUT2D eigenvalue weighted by molar-refractivity contribution is -0.0500. The fourth-order valence-corrected chi connectivity index (χ4v) is 5.25. The zero-order valence-corrected chi connectivity index (χ0v) is 23.6. The van der Waals surface area contributed by atoms with E-state index in [1.165, 1.54) is 0 Å². The Labute approximate surface area is 238 Å². The van der Waals surface area contributed by atoms with Gasteiger partial charge in [0.25, 0.3) is 0 Å². The van der Waals surface area contributed by atoms with E-state index in [0.717, 1.165) is 18.4 Å². The summed E-state index contributed by atoms with van der Waals surface area (Å²) in [5.74, 6) is -2.30. The average molecular weight is 570 g/mol. The number of rotatable bonds is 8. The smallest absolute Gasteiger partial charge is 0.408 e. The molecule has 1 aromatic carbocycles. The highest BCUT2D eigenvalue weighted by atomic mass is 19.3. The molecule has 0 saturated heterocycles. The Morgan fingerprint density at radius 2 is 1.56 bits per heavy atom. The number of hydrogen-bond acceptors (Lipinski definition) is 6. The number of carbonyl (C=O) groups is 2. The molecule has 9 nitrogen and oxygen atoms in total. The molecule has 2 saturated carbocycles. The number of alkyl halides is 2. The van der Waals surface area contributed by atoms with E-state index >= 15 is 0 Å². The first-order valence-corrected chi connectivity index (χ1v) is 14.2. The quantitative estimate of drug-likeness (QED) is 0.321. The lowest BCUT2D eigenvalue weighted by Gasteiger charge is -2.33. The Bertz CT molecular complexity index is 1360. The van der Waals surface area contributed by atoms with Gasteiger partial charge in [0.2, 0.25) is 11.7 Å². The zero-order chi connectivity index (χ0) is 29.2. The number of amides is 2. The summed E-state index contributed by atoms with van der Waals surface area (Å²) in [6, 6.07) is 10.3. The van der Waals surface area contributed by atoms with Crippen LogP contribution in [-0.4, -0.2) is 38.1 Å². The van der Waals surface area contributed by atoms with Crippen LogP contribution in [0, 0.1) is 11.8 Å². The summed E-state index contributed by atoms with van der Waals surface area (Å²) in [6.07, 6.45) is 4.36. The van der Waals surface area contributed by atoms with Gasteiger partial charge in [-0.25, -0.2) is 28.3 Å². The predicted octanol–water partition coefficient (Wildman–Crippen LogP) is 6.50. The fraction of sp³-hybridized carbons (Fsp3) is 0.533. The number of alkyl carbamates (subject to hydrolysis) is 2. The monoisotopic (exact) mass is 569 g/mol. The standard InChI is InChI=1S/C30H37F2N5O4/c1-29(2,3)41-28(39)36-25(21-11-14-30(31,32)15-12-21)23-17-37-16-13-22(33-26(37)34-23)24(20-9-10-20)35-27(38)40-18-19-7-5-4-6-8-19/h4-8,13,16-17,20-21,24-25H,9-12,14-15,18H2,1-3H3,(H,35,38)(H,36,39)/t24?,25-/m0/s1. The largest absolute Gasteiger partial charge is 0.445 e. The van der Waals surface area contributed by atoms with Crippen LogP contribution in [-0.2, 0) is 16.1 Å². The molecule has 3 aromatic rings. The molecule has 2 aromatic heterocycles. The molecule has 0 spiro atoms. The Balaban J connectivity index is 1.34. The molecule has 2 heterocycles. The minimum absolute atomic E-state index is 0.166. The third kappa shape index (κ3) is 7.71. The molecule has 0 radical (unpaired) electrons. The van der Waals surface area contributed by atoms with E-state index < -0.39 is 29.8 Å². The third-order valence-corrected chi connectivity index (χ3v) is 7.49. The normalized spacial score (nSPS) is 18.9. The number of fused-ring (bicyclic) bond motifs is 1. The Morgan fingerprint density at radius 3 is 2.22 bits per heavy atom. The number of nitrogens with one attached hydrogen (secondary N) is 2. The maximum absolute atomic E-state index is 13.9. The Hall–Kier alpha value is -3.76. The molecule has 2 amide bonds. The molecule has 1 unspecified atom stereocenters. The summed E-state index contributed by atoms with van der Waals surface area (Å²) in [6.45, 7) is 5.46. The van der Waals surface area contributed by atoms with Crippen molar-refractivity contribution in [1.29, 1.82) is 0 Å². The molecular formula is C30H37F2N5O4. The maximum Gasteiger partial charge on any atom is 0.408 e. The van der Waals surface area contributed by atoms with Crippen molar-refractivity contribution in [3.8, 4) is 0 Å². The van der Waals surface area contributed by atoms with E-state index in [-0.39, 0.29) is 50.2 Å². The van der Waals surface area contributed by atoms with Gasteiger partial charge in [-0.3, -0.25) is 4.40 Å². The summed E-state index contributed by atoms with van der Waals surface area (Å²) >= 11 is 0. The molecule has 0 bridgehead atoms. The predicted molar refractivity (Wildman–Crippen MR) is 147 cm³/mol. The molecule has 2 aliphatic rings. The van der Waals surface area contributed by atoms with Gasteiger partial charge in [0, 0.05) is 25.2 Å². The molecule has 0 aliphatic heterocycles. The summed E-state index contributed by atoms with van der Waals surface area (Å²) < 4.78 is 40.5. The van der Waals surface area contributed by atoms with E-state index in [4.69, 9.17) is 19.4 Å². The Kier molecular flexibility index (Phi) is 8.15. The van der Waals surface area contributed by atoms with Crippen molar-refractivity contribution < 1.29 is 27.8 Å². The number of imidazole rings is 1. The SMILES string of the molecule is CC(C)(C)OC(=O)N[C@H](c1cn2ccc(C(NC(=O)OCc3ccccc3)C3CC3)nc2n1)C1CCC(F)(F)CC1. The first-order valence-electron chi connectivity index (χ1n) is 14.2. The van der Waals surface area contributed by atoms with E-state index in [9.17, 15) is 18.4 Å². The van der Waals surface area contributed by atoms with E-state index in [1.807, 2.05) is 36.4 Å². The van der Waals surface area contributed by atoms with Crippen LogP contribution in [0.2, 0.25) is 0 Å². The summed E-state index contributed by atoms with van der Waals surface area (Å²) in [5, 5.41) is 5.85. The molecule has 220 valence electrons. The van der Waals surface area contributed by atoms with Crippen LogP contribution in [0.25, 0.3) is 5.78 Å². The number of nitrogens with zero attached hydrogens (tertiary/aromatic N) is 3. The molecule has 2 atom stereocenters. The van der Waals surface area contributed by atoms with Crippen LogP contribution in [0.4, 0.5) is 18.4 Å². The topological polar surface area (TPSA) is 107 Å². The van der Waals surface area contributed by atoms with Crippen molar-refractivity contribution in [3.05, 3.63) is 65.7 Å². The number of carbonyl (C=O) groups excluding carboxylic acids is 2. The van der Waals surface area contributed by atoms with Crippen LogP contribution < -0.4 is 10.6 Å². The minimum Gasteiger partial charge on any atom is -0.445 e. The molecule has 2 aliphatic carbocycles. The van der Waals surface area contributed by atoms with Gasteiger partial charge in [0.15, 0.2) is 0 Å². The van der Waals surface area contributed by atoms with Crippen LogP contribution >= 0.6 is 0 Å². The summed E-state index contributed by atoms with van der Waals surface area (Å²) in [7, 11) is 0. The van der Waals surface area contributed by atoms with Gasteiger partial charge in [0.05, 0.1) is 23.5 Å². The lowest BCUT2D eigenvalue weighted by Crippen LogP contribution is -2.40. The minimum atomic E-state index is -2.70. The molecule has 11 heteroatoms. The first-order chi connectivity index (χ1) is 19.5. The number of hydrogen-bond donors (Lipinski definition) is 2. The summed E-state index contributed by atoms with van der Waals surface area (Å²) in [4.78, 5) is 34.8. The number of halogens is 2. The molecule has 5 rings (SSSR count). The average Bonchev–Trinajstić information content (AvgIpc) is 3.67. The van der Waals surface area contributed by atoms with Crippen molar-refractivity contribution in [2.24, 2.45) is 11.8 Å². The second kappa shape index (κ2) is 11.6. The molecular weight excluding hydrogens is 532 g/mol. The first kappa shape index (κ1) is 28.8. The van der Waals surface area contributed by atoms with Crippen LogP contribution in [0.3, 0.4) is 0 Å². The van der Waals surface area contributed by atoms with E-state index in [1.54, 1.807) is 37.6 Å². The third-order valence-electron chi connectivity index (χ3n) is 7.49. The fourth-order valence-electron chi connectivity index (χ4n) is 5.25. The number of aromatic nitrogens is 3. The van der Waals surface area contributed by atoms with Gasteiger partial charge >= 0.3 is 12.2 Å². The van der Waals surface area contributed by atoms with Gasteiger partial charge in [0.1, 0.15) is 12.2 Å². The van der Waals surface area contributed by atoms with Gasteiger partial charge in [-0.1, -0.05) is 30.3 Å². The molecule has 41 heavy (non-hydrogen) atoms. The maximum atomic E-state index is 13.9. The highest BCUT2D eigenvalue weighted by molar-refractivity contribution is 5.68. The zero-order valence-electron chi connectivity index (χ0n) is 23.6. The highest BCUT2D eigenvalue weighted by Crippen LogP contribution is 2.42. The molecule has 2 fully saturated rings. The second-order valence-corrected chi connectivity index (χ2v) is 12.1. The van der Waals surface area contributed by atoms with Crippen LogP contribution in [0.15, 0.2) is 48.8 Å². The van der Waals surface area contributed by atoms with Crippen molar-refractivity contribution in [3.63, 3.8) is 0 Å². The van der Waals surface area contributed by atoms with E-state index in [2.05, 4.69) is 10.6 Å². The van der Waals surface area contributed by atoms with Gasteiger partial charge in [-0.2, -0.15) is 0 Å².